The molecule has 0 radical (unpaired) electrons. The average Bonchev–Trinajstić information content (AvgIpc) is 2.87. The maximum atomic E-state index is 11.0. The van der Waals surface area contributed by atoms with Gasteiger partial charge >= 0.3 is 5.97 Å². The van der Waals surface area contributed by atoms with Crippen molar-refractivity contribution in [3.63, 3.8) is 0 Å². The quantitative estimate of drug-likeness (QED) is 0.851. The molecule has 2 N–H and O–H groups in total. The van der Waals surface area contributed by atoms with Crippen LogP contribution in [0.4, 0.5) is 0 Å². The first-order valence-electron chi connectivity index (χ1n) is 6.69. The number of carbonyl (C=O) groups is 1. The van der Waals surface area contributed by atoms with Crippen LogP contribution in [0.5, 0.6) is 0 Å². The van der Waals surface area contributed by atoms with Gasteiger partial charge in [0.15, 0.2) is 0 Å². The third-order valence-corrected chi connectivity index (χ3v) is 2.91. The van der Waals surface area contributed by atoms with Gasteiger partial charge in [-0.05, 0) is 36.7 Å². The molecule has 0 bridgehead atoms. The van der Waals surface area contributed by atoms with E-state index < -0.39 is 5.97 Å². The summed E-state index contributed by atoms with van der Waals surface area (Å²) in [6, 6.07) is 10.5. The van der Waals surface area contributed by atoms with Crippen molar-refractivity contribution in [2.75, 3.05) is 6.54 Å². The predicted octanol–water partition coefficient (Wildman–Crippen LogP) is 3.81. The second-order valence-corrected chi connectivity index (χ2v) is 5.18. The lowest BCUT2D eigenvalue weighted by Gasteiger charge is -2.05. The molecule has 114 valence electrons. The molecule has 2 aromatic rings. The van der Waals surface area contributed by atoms with Crippen LogP contribution in [0.1, 0.15) is 30.0 Å². The summed E-state index contributed by atoms with van der Waals surface area (Å²) >= 11 is 0. The van der Waals surface area contributed by atoms with Gasteiger partial charge in [0.25, 0.3) is 0 Å². The monoisotopic (exact) mass is 309 g/mol. The molecule has 0 atom stereocenters. The number of benzene rings is 1. The number of carboxylic acids is 1. The van der Waals surface area contributed by atoms with Crippen LogP contribution < -0.4 is 5.32 Å². The molecule has 21 heavy (non-hydrogen) atoms. The second kappa shape index (κ2) is 7.86. The van der Waals surface area contributed by atoms with E-state index in [0.717, 1.165) is 17.9 Å². The van der Waals surface area contributed by atoms with E-state index in [1.54, 1.807) is 18.2 Å². The smallest absolute Gasteiger partial charge is 0.335 e. The van der Waals surface area contributed by atoms with E-state index in [0.29, 0.717) is 18.2 Å². The second-order valence-electron chi connectivity index (χ2n) is 5.18. The molecule has 0 aliphatic rings. The highest BCUT2D eigenvalue weighted by Gasteiger charge is 2.08. The first kappa shape index (κ1) is 17.3. The number of hydrogen-bond acceptors (Lipinski definition) is 3. The van der Waals surface area contributed by atoms with Crippen LogP contribution in [-0.2, 0) is 6.54 Å². The molecule has 1 aromatic heterocycles. The van der Waals surface area contributed by atoms with Crippen LogP contribution in [0.25, 0.3) is 11.3 Å². The van der Waals surface area contributed by atoms with E-state index in [4.69, 9.17) is 9.52 Å². The molecule has 0 spiro atoms. The third-order valence-electron chi connectivity index (χ3n) is 2.91. The number of carboxylic acid groups (broad SMARTS) is 1. The van der Waals surface area contributed by atoms with E-state index in [2.05, 4.69) is 19.2 Å². The third kappa shape index (κ3) is 4.92. The zero-order chi connectivity index (χ0) is 14.5. The summed E-state index contributed by atoms with van der Waals surface area (Å²) in [6.45, 7) is 5.91. The Balaban J connectivity index is 0.00000220. The lowest BCUT2D eigenvalue weighted by Crippen LogP contribution is -2.18. The van der Waals surface area contributed by atoms with Gasteiger partial charge in [0.05, 0.1) is 12.1 Å². The molecule has 0 fully saturated rings. The molecule has 0 saturated carbocycles. The maximum Gasteiger partial charge on any atom is 0.335 e. The fraction of sp³-hybridized carbons (Fsp3) is 0.312. The highest BCUT2D eigenvalue weighted by molar-refractivity contribution is 5.89. The molecule has 0 amide bonds. The number of aromatic carboxylic acids is 1. The number of rotatable bonds is 6. The van der Waals surface area contributed by atoms with Crippen LogP contribution in [0.2, 0.25) is 0 Å². The van der Waals surface area contributed by atoms with Crippen LogP contribution in [0.3, 0.4) is 0 Å². The van der Waals surface area contributed by atoms with E-state index in [9.17, 15) is 4.79 Å². The molecular weight excluding hydrogens is 290 g/mol. The summed E-state index contributed by atoms with van der Waals surface area (Å²) in [7, 11) is 0. The molecular formula is C16H20ClNO3. The van der Waals surface area contributed by atoms with Gasteiger partial charge in [0.2, 0.25) is 0 Å². The van der Waals surface area contributed by atoms with Crippen molar-refractivity contribution >= 4 is 18.4 Å². The van der Waals surface area contributed by atoms with E-state index in [-0.39, 0.29) is 18.0 Å². The molecule has 0 unspecified atom stereocenters. The SMILES string of the molecule is CC(C)CNCc1ccc(-c2cccc(C(=O)O)c2)o1.Cl. The van der Waals surface area contributed by atoms with Crippen LogP contribution >= 0.6 is 12.4 Å². The summed E-state index contributed by atoms with van der Waals surface area (Å²) in [5, 5.41) is 12.3. The van der Waals surface area contributed by atoms with Gasteiger partial charge in [-0.2, -0.15) is 0 Å². The zero-order valence-corrected chi connectivity index (χ0v) is 12.9. The van der Waals surface area contributed by atoms with Gasteiger partial charge in [-0.15, -0.1) is 12.4 Å². The molecule has 2 rings (SSSR count). The number of furan rings is 1. The summed E-state index contributed by atoms with van der Waals surface area (Å²) < 4.78 is 5.73. The Morgan fingerprint density at radius 2 is 2.05 bits per heavy atom. The largest absolute Gasteiger partial charge is 0.478 e. The Bertz CT molecular complexity index is 593. The van der Waals surface area contributed by atoms with Crippen molar-refractivity contribution in [2.45, 2.75) is 20.4 Å². The minimum Gasteiger partial charge on any atom is -0.478 e. The maximum absolute atomic E-state index is 11.0. The average molecular weight is 310 g/mol. The Kier molecular flexibility index (Phi) is 6.46. The van der Waals surface area contributed by atoms with E-state index in [1.165, 1.54) is 0 Å². The van der Waals surface area contributed by atoms with Crippen LogP contribution in [-0.4, -0.2) is 17.6 Å². The van der Waals surface area contributed by atoms with Gasteiger partial charge in [-0.25, -0.2) is 4.79 Å². The Hall–Kier alpha value is -1.78. The van der Waals surface area contributed by atoms with E-state index >= 15 is 0 Å². The van der Waals surface area contributed by atoms with Crippen molar-refractivity contribution in [1.82, 2.24) is 5.32 Å². The normalized spacial score (nSPS) is 10.4. The summed E-state index contributed by atoms with van der Waals surface area (Å²) in [5.74, 6) is 1.20. The summed E-state index contributed by atoms with van der Waals surface area (Å²) in [6.07, 6.45) is 0. The Morgan fingerprint density at radius 3 is 2.71 bits per heavy atom. The first-order valence-corrected chi connectivity index (χ1v) is 6.69. The summed E-state index contributed by atoms with van der Waals surface area (Å²) in [4.78, 5) is 11.0. The van der Waals surface area contributed by atoms with Gasteiger partial charge in [0.1, 0.15) is 11.5 Å². The fourth-order valence-corrected chi connectivity index (χ4v) is 1.92. The van der Waals surface area contributed by atoms with Crippen LogP contribution in [0, 0.1) is 5.92 Å². The molecule has 0 saturated heterocycles. The zero-order valence-electron chi connectivity index (χ0n) is 12.1. The molecule has 0 aliphatic heterocycles. The predicted molar refractivity (Wildman–Crippen MR) is 84.9 cm³/mol. The molecule has 1 aromatic carbocycles. The molecule has 1 heterocycles. The van der Waals surface area contributed by atoms with Gasteiger partial charge < -0.3 is 14.8 Å². The molecule has 5 heteroatoms. The molecule has 4 nitrogen and oxygen atoms in total. The van der Waals surface area contributed by atoms with Crippen molar-refractivity contribution in [3.8, 4) is 11.3 Å². The van der Waals surface area contributed by atoms with Gasteiger partial charge in [0, 0.05) is 5.56 Å². The van der Waals surface area contributed by atoms with Crippen molar-refractivity contribution in [3.05, 3.63) is 47.7 Å². The summed E-state index contributed by atoms with van der Waals surface area (Å²) in [5.41, 5.74) is 1.04. The molecule has 0 aliphatic carbocycles. The topological polar surface area (TPSA) is 62.5 Å². The fourth-order valence-electron chi connectivity index (χ4n) is 1.92. The standard InChI is InChI=1S/C16H19NO3.ClH/c1-11(2)9-17-10-14-6-7-15(20-14)12-4-3-5-13(8-12)16(18)19;/h3-8,11,17H,9-10H2,1-2H3,(H,18,19);1H. The number of nitrogens with one attached hydrogen (secondary N) is 1. The van der Waals surface area contributed by atoms with Gasteiger partial charge in [-0.1, -0.05) is 26.0 Å². The highest BCUT2D eigenvalue weighted by Crippen LogP contribution is 2.23. The Morgan fingerprint density at radius 1 is 1.29 bits per heavy atom. The highest BCUT2D eigenvalue weighted by atomic mass is 35.5. The van der Waals surface area contributed by atoms with Crippen molar-refractivity contribution in [1.29, 1.82) is 0 Å². The lowest BCUT2D eigenvalue weighted by molar-refractivity contribution is 0.0697. The first-order chi connectivity index (χ1) is 9.56. The Labute approximate surface area is 130 Å². The van der Waals surface area contributed by atoms with Gasteiger partial charge in [-0.3, -0.25) is 0 Å². The van der Waals surface area contributed by atoms with Crippen molar-refractivity contribution < 1.29 is 14.3 Å². The number of hydrogen-bond donors (Lipinski definition) is 2. The van der Waals surface area contributed by atoms with Crippen molar-refractivity contribution in [2.24, 2.45) is 5.92 Å². The minimum absolute atomic E-state index is 0. The van der Waals surface area contributed by atoms with Crippen LogP contribution in [0.15, 0.2) is 40.8 Å². The lowest BCUT2D eigenvalue weighted by atomic mass is 10.1. The number of halogens is 1. The minimum atomic E-state index is -0.933. The van der Waals surface area contributed by atoms with E-state index in [1.807, 2.05) is 18.2 Å².